The van der Waals surface area contributed by atoms with Crippen molar-refractivity contribution in [1.82, 2.24) is 20.5 Å². The number of nitrogens with one attached hydrogen (secondary N) is 2. The summed E-state index contributed by atoms with van der Waals surface area (Å²) in [6.45, 7) is 1.65. The molecule has 0 bridgehead atoms. The highest BCUT2D eigenvalue weighted by molar-refractivity contribution is 14.0. The van der Waals surface area contributed by atoms with Gasteiger partial charge < -0.3 is 20.3 Å². The first kappa shape index (κ1) is 25.9. The number of benzene rings is 1. The van der Waals surface area contributed by atoms with Gasteiger partial charge in [-0.25, -0.2) is 4.98 Å². The van der Waals surface area contributed by atoms with Crippen LogP contribution in [-0.2, 0) is 17.9 Å². The normalized spacial score (nSPS) is 14.9. The fraction of sp³-hybridized carbons (Fsp3) is 0.458. The lowest BCUT2D eigenvalue weighted by Crippen LogP contribution is -2.49. The molecule has 1 aromatic carbocycles. The first-order valence-electron chi connectivity index (χ1n) is 10.8. The minimum absolute atomic E-state index is 0. The Kier molecular flexibility index (Phi) is 10.2. The third-order valence-corrected chi connectivity index (χ3v) is 5.73. The largest absolute Gasteiger partial charge is 0.473 e. The van der Waals surface area contributed by atoms with E-state index < -0.39 is 0 Å². The number of ether oxygens (including phenoxy) is 1. The highest BCUT2D eigenvalue weighted by atomic mass is 127. The van der Waals surface area contributed by atoms with Crippen LogP contribution in [0.4, 0.5) is 0 Å². The fourth-order valence-electron chi connectivity index (χ4n) is 4.02. The molecule has 2 aromatic rings. The van der Waals surface area contributed by atoms with E-state index in [0.29, 0.717) is 31.5 Å². The standard InChI is InChI=1S/C24H33N5O2.HI/c1-25-23(28-18-24(12-7-8-13-24)22(30)29(2)3)27-16-20-11-14-26-21(15-20)31-17-19-9-5-4-6-10-19;/h4-6,9-11,14-15H,7-8,12-13,16-18H2,1-3H3,(H2,25,27,28);1H. The number of pyridine rings is 1. The molecule has 0 spiro atoms. The topological polar surface area (TPSA) is 78.9 Å². The van der Waals surface area contributed by atoms with Gasteiger partial charge in [0.05, 0.1) is 5.41 Å². The predicted molar refractivity (Wildman–Crippen MR) is 138 cm³/mol. The van der Waals surface area contributed by atoms with Gasteiger partial charge in [-0.1, -0.05) is 43.2 Å². The van der Waals surface area contributed by atoms with Gasteiger partial charge in [-0.3, -0.25) is 9.79 Å². The maximum Gasteiger partial charge on any atom is 0.230 e. The molecule has 32 heavy (non-hydrogen) atoms. The number of carbonyl (C=O) groups is 1. The van der Waals surface area contributed by atoms with Crippen molar-refractivity contribution in [2.24, 2.45) is 10.4 Å². The molecule has 2 N–H and O–H groups in total. The van der Waals surface area contributed by atoms with Crippen LogP contribution >= 0.6 is 24.0 Å². The van der Waals surface area contributed by atoms with E-state index in [1.165, 1.54) is 0 Å². The molecule has 3 rings (SSSR count). The molecule has 0 radical (unpaired) electrons. The molecule has 0 unspecified atom stereocenters. The number of nitrogens with zero attached hydrogens (tertiary/aromatic N) is 3. The molecule has 7 nitrogen and oxygen atoms in total. The Morgan fingerprint density at radius 2 is 1.84 bits per heavy atom. The third kappa shape index (κ3) is 7.08. The monoisotopic (exact) mass is 551 g/mol. The average molecular weight is 551 g/mol. The van der Waals surface area contributed by atoms with Crippen molar-refractivity contribution in [2.45, 2.75) is 38.8 Å². The van der Waals surface area contributed by atoms with Crippen molar-refractivity contribution in [3.05, 3.63) is 59.8 Å². The number of hydrogen-bond acceptors (Lipinski definition) is 4. The van der Waals surface area contributed by atoms with E-state index in [2.05, 4.69) is 20.6 Å². The highest BCUT2D eigenvalue weighted by Gasteiger charge is 2.42. The number of rotatable bonds is 8. The van der Waals surface area contributed by atoms with Crippen molar-refractivity contribution in [3.8, 4) is 5.88 Å². The first-order chi connectivity index (χ1) is 15.0. The molecule has 1 aromatic heterocycles. The lowest BCUT2D eigenvalue weighted by Gasteiger charge is -2.31. The molecule has 8 heteroatoms. The Bertz CT molecular complexity index is 883. The molecule has 1 aliphatic carbocycles. The summed E-state index contributed by atoms with van der Waals surface area (Å²) in [7, 11) is 5.40. The van der Waals surface area contributed by atoms with E-state index in [1.807, 2.05) is 56.6 Å². The fourth-order valence-corrected chi connectivity index (χ4v) is 4.02. The second-order valence-electron chi connectivity index (χ2n) is 8.24. The van der Waals surface area contributed by atoms with Gasteiger partial charge in [-0.05, 0) is 30.0 Å². The summed E-state index contributed by atoms with van der Waals surface area (Å²) in [4.78, 5) is 23.1. The number of amides is 1. The van der Waals surface area contributed by atoms with Crippen molar-refractivity contribution < 1.29 is 9.53 Å². The van der Waals surface area contributed by atoms with Crippen molar-refractivity contribution in [3.63, 3.8) is 0 Å². The Morgan fingerprint density at radius 3 is 2.50 bits per heavy atom. The second kappa shape index (κ2) is 12.6. The van der Waals surface area contributed by atoms with Crippen LogP contribution in [0.1, 0.15) is 36.8 Å². The number of hydrogen-bond donors (Lipinski definition) is 2. The third-order valence-electron chi connectivity index (χ3n) is 5.73. The maximum absolute atomic E-state index is 12.8. The van der Waals surface area contributed by atoms with Crippen LogP contribution in [0.5, 0.6) is 5.88 Å². The zero-order chi connectivity index (χ0) is 22.1. The Balaban J connectivity index is 0.00000363. The summed E-state index contributed by atoms with van der Waals surface area (Å²) in [5.74, 6) is 1.47. The highest BCUT2D eigenvalue weighted by Crippen LogP contribution is 2.38. The smallest absolute Gasteiger partial charge is 0.230 e. The zero-order valence-corrected chi connectivity index (χ0v) is 21.5. The second-order valence-corrected chi connectivity index (χ2v) is 8.24. The summed E-state index contributed by atoms with van der Waals surface area (Å²) in [6, 6.07) is 13.9. The van der Waals surface area contributed by atoms with Crippen LogP contribution in [0.2, 0.25) is 0 Å². The van der Waals surface area contributed by atoms with Gasteiger partial charge in [-0.15, -0.1) is 24.0 Å². The molecule has 1 aliphatic rings. The lowest BCUT2D eigenvalue weighted by molar-refractivity contribution is -0.138. The Morgan fingerprint density at radius 1 is 1.12 bits per heavy atom. The lowest BCUT2D eigenvalue weighted by atomic mass is 9.84. The number of guanidine groups is 1. The Hall–Kier alpha value is -2.36. The van der Waals surface area contributed by atoms with Gasteiger partial charge in [0.2, 0.25) is 11.8 Å². The molecule has 1 heterocycles. The van der Waals surface area contributed by atoms with Crippen LogP contribution in [0.25, 0.3) is 0 Å². The first-order valence-corrected chi connectivity index (χ1v) is 10.8. The molecular weight excluding hydrogens is 517 g/mol. The van der Waals surface area contributed by atoms with E-state index >= 15 is 0 Å². The average Bonchev–Trinajstić information content (AvgIpc) is 3.28. The molecule has 174 valence electrons. The number of aromatic nitrogens is 1. The Labute approximate surface area is 208 Å². The summed E-state index contributed by atoms with van der Waals surface area (Å²) in [6.07, 6.45) is 5.77. The van der Waals surface area contributed by atoms with E-state index in [-0.39, 0.29) is 35.3 Å². The van der Waals surface area contributed by atoms with Crippen LogP contribution < -0.4 is 15.4 Å². The van der Waals surface area contributed by atoms with E-state index in [1.54, 1.807) is 18.1 Å². The predicted octanol–water partition coefficient (Wildman–Crippen LogP) is 3.59. The minimum Gasteiger partial charge on any atom is -0.473 e. The van der Waals surface area contributed by atoms with Crippen LogP contribution in [0.15, 0.2) is 53.7 Å². The summed E-state index contributed by atoms with van der Waals surface area (Å²) >= 11 is 0. The van der Waals surface area contributed by atoms with Crippen molar-refractivity contribution in [2.75, 3.05) is 27.7 Å². The summed E-state index contributed by atoms with van der Waals surface area (Å²) < 4.78 is 5.82. The van der Waals surface area contributed by atoms with Crippen molar-refractivity contribution in [1.29, 1.82) is 0 Å². The molecule has 0 aliphatic heterocycles. The number of carbonyl (C=O) groups excluding carboxylic acids is 1. The van der Waals surface area contributed by atoms with Crippen molar-refractivity contribution >= 4 is 35.8 Å². The van der Waals surface area contributed by atoms with Crippen LogP contribution in [-0.4, -0.2) is 49.4 Å². The molecular formula is C24H34IN5O2. The maximum atomic E-state index is 12.8. The van der Waals surface area contributed by atoms with E-state index in [4.69, 9.17) is 4.74 Å². The van der Waals surface area contributed by atoms with E-state index in [0.717, 1.165) is 36.8 Å². The summed E-state index contributed by atoms with van der Waals surface area (Å²) in [5, 5.41) is 6.69. The molecule has 0 atom stereocenters. The van der Waals surface area contributed by atoms with Gasteiger partial charge in [-0.2, -0.15) is 0 Å². The van der Waals surface area contributed by atoms with Gasteiger partial charge in [0.25, 0.3) is 0 Å². The van der Waals surface area contributed by atoms with Gasteiger partial charge in [0.1, 0.15) is 6.61 Å². The quantitative estimate of drug-likeness (QED) is 0.298. The van der Waals surface area contributed by atoms with Gasteiger partial charge in [0.15, 0.2) is 5.96 Å². The van der Waals surface area contributed by atoms with E-state index in [9.17, 15) is 4.79 Å². The number of halogens is 1. The molecule has 1 saturated carbocycles. The zero-order valence-electron chi connectivity index (χ0n) is 19.1. The van der Waals surface area contributed by atoms with Gasteiger partial charge in [0, 0.05) is 46.5 Å². The van der Waals surface area contributed by atoms with Crippen LogP contribution in [0, 0.1) is 5.41 Å². The SMILES string of the molecule is CN=C(NCc1ccnc(OCc2ccccc2)c1)NCC1(C(=O)N(C)C)CCCC1.I. The molecule has 0 saturated heterocycles. The summed E-state index contributed by atoms with van der Waals surface area (Å²) in [5.41, 5.74) is 1.81. The number of aliphatic imine (C=N–C) groups is 1. The van der Waals surface area contributed by atoms with Gasteiger partial charge >= 0.3 is 0 Å². The molecule has 1 amide bonds. The molecule has 1 fully saturated rings. The van der Waals surface area contributed by atoms with Crippen LogP contribution in [0.3, 0.4) is 0 Å². The minimum atomic E-state index is -0.337.